The predicted molar refractivity (Wildman–Crippen MR) is 104 cm³/mol. The van der Waals surface area contributed by atoms with Crippen LogP contribution in [0.4, 0.5) is 0 Å². The molecule has 0 saturated carbocycles. The fourth-order valence-corrected chi connectivity index (χ4v) is 3.89. The number of aliphatic hydroxyl groups excluding tert-OH is 1. The summed E-state index contributed by atoms with van der Waals surface area (Å²) < 4.78 is 1.11. The van der Waals surface area contributed by atoms with E-state index in [1.54, 1.807) is 0 Å². The number of carbonyl (C=O) groups excluding carboxylic acids is 1. The summed E-state index contributed by atoms with van der Waals surface area (Å²) in [5.74, 6) is -0.123. The third kappa shape index (κ3) is 3.91. The minimum Gasteiger partial charge on any atom is -0.394 e. The van der Waals surface area contributed by atoms with Gasteiger partial charge in [0.05, 0.1) is 17.0 Å². The molecule has 25 heavy (non-hydrogen) atoms. The Balaban J connectivity index is 2.02. The molecule has 0 radical (unpaired) electrons. The number of aliphatic hydroxyl groups is 1. The molecule has 4 heteroatoms. The summed E-state index contributed by atoms with van der Waals surface area (Å²) in [5.41, 5.74) is 2.82. The van der Waals surface area contributed by atoms with Crippen molar-refractivity contribution in [3.63, 3.8) is 0 Å². The van der Waals surface area contributed by atoms with Crippen LogP contribution >= 0.6 is 11.3 Å². The minimum atomic E-state index is -0.644. The largest absolute Gasteiger partial charge is 0.394 e. The highest BCUT2D eigenvalue weighted by atomic mass is 32.1. The summed E-state index contributed by atoms with van der Waals surface area (Å²) in [6.07, 6.45) is 0.715. The van der Waals surface area contributed by atoms with E-state index in [1.165, 1.54) is 22.5 Å². The van der Waals surface area contributed by atoms with Crippen molar-refractivity contribution in [1.82, 2.24) is 5.32 Å². The number of hydrogen-bond donors (Lipinski definition) is 2. The van der Waals surface area contributed by atoms with Crippen LogP contribution in [0.1, 0.15) is 40.2 Å². The SMILES string of the molecule is Cc1ccc(Cc2c(C(=O)NC(C)(C)CO)sc3ccccc23)cc1. The number of aryl methyl sites for hydroxylation is 1. The molecule has 0 fully saturated rings. The average Bonchev–Trinajstić information content (AvgIpc) is 2.95. The van der Waals surface area contributed by atoms with Crippen LogP contribution in [-0.4, -0.2) is 23.2 Å². The van der Waals surface area contributed by atoms with E-state index in [1.807, 2.05) is 32.0 Å². The third-order valence-electron chi connectivity index (χ3n) is 4.25. The first-order chi connectivity index (χ1) is 11.9. The van der Waals surface area contributed by atoms with Crippen molar-refractivity contribution in [2.24, 2.45) is 0 Å². The number of amides is 1. The zero-order valence-electron chi connectivity index (χ0n) is 14.8. The van der Waals surface area contributed by atoms with Gasteiger partial charge in [0.1, 0.15) is 0 Å². The zero-order chi connectivity index (χ0) is 18.0. The summed E-state index contributed by atoms with van der Waals surface area (Å²) in [4.78, 5) is 13.6. The van der Waals surface area contributed by atoms with E-state index in [2.05, 4.69) is 42.6 Å². The molecule has 0 spiro atoms. The Hall–Kier alpha value is -2.17. The summed E-state index contributed by atoms with van der Waals surface area (Å²) in [5, 5.41) is 13.5. The van der Waals surface area contributed by atoms with Gasteiger partial charge in [-0.05, 0) is 49.8 Å². The van der Waals surface area contributed by atoms with E-state index in [-0.39, 0.29) is 12.5 Å². The van der Waals surface area contributed by atoms with E-state index >= 15 is 0 Å². The number of carbonyl (C=O) groups is 1. The smallest absolute Gasteiger partial charge is 0.262 e. The van der Waals surface area contributed by atoms with E-state index < -0.39 is 5.54 Å². The van der Waals surface area contributed by atoms with Gasteiger partial charge in [-0.3, -0.25) is 4.79 Å². The fourth-order valence-electron chi connectivity index (χ4n) is 2.77. The second-order valence-electron chi connectivity index (χ2n) is 7.06. The maximum atomic E-state index is 12.8. The lowest BCUT2D eigenvalue weighted by molar-refractivity contribution is 0.0873. The van der Waals surface area contributed by atoms with Gasteiger partial charge >= 0.3 is 0 Å². The Morgan fingerprint density at radius 1 is 1.12 bits per heavy atom. The first-order valence-electron chi connectivity index (χ1n) is 8.39. The quantitative estimate of drug-likeness (QED) is 0.718. The molecule has 1 aromatic heterocycles. The number of thiophene rings is 1. The molecule has 1 amide bonds. The second-order valence-corrected chi connectivity index (χ2v) is 8.12. The fraction of sp³-hybridized carbons (Fsp3) is 0.286. The number of nitrogens with one attached hydrogen (secondary N) is 1. The van der Waals surface area contributed by atoms with Crippen molar-refractivity contribution >= 4 is 27.3 Å². The Morgan fingerprint density at radius 3 is 2.48 bits per heavy atom. The molecule has 130 valence electrons. The van der Waals surface area contributed by atoms with Crippen LogP contribution < -0.4 is 5.32 Å². The van der Waals surface area contributed by atoms with Crippen LogP contribution in [0.2, 0.25) is 0 Å². The van der Waals surface area contributed by atoms with Gasteiger partial charge in [0.15, 0.2) is 0 Å². The van der Waals surface area contributed by atoms with E-state index in [4.69, 9.17) is 0 Å². The maximum Gasteiger partial charge on any atom is 0.262 e. The van der Waals surface area contributed by atoms with E-state index in [9.17, 15) is 9.90 Å². The summed E-state index contributed by atoms with van der Waals surface area (Å²) in [7, 11) is 0. The highest BCUT2D eigenvalue weighted by molar-refractivity contribution is 7.21. The molecule has 3 rings (SSSR count). The lowest BCUT2D eigenvalue weighted by Gasteiger charge is -2.23. The van der Waals surface area contributed by atoms with Crippen molar-refractivity contribution < 1.29 is 9.90 Å². The molecule has 0 aliphatic rings. The van der Waals surface area contributed by atoms with Crippen LogP contribution in [0.3, 0.4) is 0 Å². The van der Waals surface area contributed by atoms with Gasteiger partial charge in [0.2, 0.25) is 0 Å². The van der Waals surface area contributed by atoms with Crippen molar-refractivity contribution in [3.05, 3.63) is 70.1 Å². The molecule has 0 aliphatic heterocycles. The molecule has 0 unspecified atom stereocenters. The molecule has 2 aromatic carbocycles. The predicted octanol–water partition coefficient (Wildman–Crippen LogP) is 4.30. The van der Waals surface area contributed by atoms with Crippen LogP contribution in [-0.2, 0) is 6.42 Å². The van der Waals surface area contributed by atoms with Gasteiger partial charge in [-0.2, -0.15) is 0 Å². The molecular weight excluding hydrogens is 330 g/mol. The number of rotatable bonds is 5. The summed E-state index contributed by atoms with van der Waals surface area (Å²) in [6, 6.07) is 16.5. The van der Waals surface area contributed by atoms with Crippen LogP contribution in [0.15, 0.2) is 48.5 Å². The van der Waals surface area contributed by atoms with Gasteiger partial charge in [0.25, 0.3) is 5.91 Å². The number of fused-ring (bicyclic) bond motifs is 1. The van der Waals surface area contributed by atoms with Gasteiger partial charge in [-0.25, -0.2) is 0 Å². The van der Waals surface area contributed by atoms with Crippen molar-refractivity contribution in [2.75, 3.05) is 6.61 Å². The van der Waals surface area contributed by atoms with Gasteiger partial charge in [-0.1, -0.05) is 48.0 Å². The lowest BCUT2D eigenvalue weighted by Crippen LogP contribution is -2.46. The van der Waals surface area contributed by atoms with E-state index in [0.29, 0.717) is 6.42 Å². The standard InChI is InChI=1S/C21H23NO2S/c1-14-8-10-15(11-9-14)12-17-16-6-4-5-7-18(16)25-19(17)20(24)22-21(2,3)13-23/h4-11,23H,12-13H2,1-3H3,(H,22,24). The molecule has 0 atom stereocenters. The van der Waals surface area contributed by atoms with Crippen LogP contribution in [0.5, 0.6) is 0 Å². The molecule has 1 heterocycles. The molecule has 2 N–H and O–H groups in total. The average molecular weight is 353 g/mol. The zero-order valence-corrected chi connectivity index (χ0v) is 15.6. The second kappa shape index (κ2) is 6.98. The molecule has 3 aromatic rings. The Labute approximate surface area is 152 Å². The highest BCUT2D eigenvalue weighted by Gasteiger charge is 2.24. The lowest BCUT2D eigenvalue weighted by atomic mass is 10.00. The molecule has 3 nitrogen and oxygen atoms in total. The van der Waals surface area contributed by atoms with Crippen molar-refractivity contribution in [3.8, 4) is 0 Å². The normalized spacial score (nSPS) is 11.7. The Kier molecular flexibility index (Phi) is 4.93. The highest BCUT2D eigenvalue weighted by Crippen LogP contribution is 2.33. The molecule has 0 aliphatic carbocycles. The first kappa shape index (κ1) is 17.6. The topological polar surface area (TPSA) is 49.3 Å². The minimum absolute atomic E-state index is 0.100. The first-order valence-corrected chi connectivity index (χ1v) is 9.20. The molecule has 0 bridgehead atoms. The van der Waals surface area contributed by atoms with Gasteiger partial charge < -0.3 is 10.4 Å². The van der Waals surface area contributed by atoms with Gasteiger partial charge in [-0.15, -0.1) is 11.3 Å². The summed E-state index contributed by atoms with van der Waals surface area (Å²) >= 11 is 1.51. The van der Waals surface area contributed by atoms with Crippen molar-refractivity contribution in [2.45, 2.75) is 32.7 Å². The van der Waals surface area contributed by atoms with Gasteiger partial charge in [0, 0.05) is 4.70 Å². The summed E-state index contributed by atoms with van der Waals surface area (Å²) in [6.45, 7) is 5.60. The number of hydrogen-bond acceptors (Lipinski definition) is 3. The molecular formula is C21H23NO2S. The van der Waals surface area contributed by atoms with Crippen LogP contribution in [0.25, 0.3) is 10.1 Å². The monoisotopic (exact) mass is 353 g/mol. The third-order valence-corrected chi connectivity index (χ3v) is 5.47. The maximum absolute atomic E-state index is 12.8. The van der Waals surface area contributed by atoms with E-state index in [0.717, 1.165) is 20.5 Å². The Morgan fingerprint density at radius 2 is 1.80 bits per heavy atom. The Bertz CT molecular complexity index is 894. The van der Waals surface area contributed by atoms with Crippen molar-refractivity contribution in [1.29, 1.82) is 0 Å². The molecule has 0 saturated heterocycles. The van der Waals surface area contributed by atoms with Crippen LogP contribution in [0, 0.1) is 6.92 Å². The number of benzene rings is 2.